The van der Waals surface area contributed by atoms with Crippen LogP contribution >= 0.6 is 0 Å². The summed E-state index contributed by atoms with van der Waals surface area (Å²) < 4.78 is 0. The van der Waals surface area contributed by atoms with Gasteiger partial charge in [-0.1, -0.05) is 46.4 Å². The van der Waals surface area contributed by atoms with Gasteiger partial charge < -0.3 is 5.73 Å². The molecule has 0 heterocycles. The average Bonchev–Trinajstić information content (AvgIpc) is 2.20. The Kier molecular flexibility index (Phi) is 32.2. The Hall–Kier alpha value is -0.980. The molecule has 0 fully saturated rings. The van der Waals surface area contributed by atoms with Crippen molar-refractivity contribution >= 4 is 0 Å². The summed E-state index contributed by atoms with van der Waals surface area (Å²) in [7, 11) is 0. The van der Waals surface area contributed by atoms with E-state index in [0.717, 1.165) is 0 Å². The number of nitrogens with two attached hydrogens (primary N) is 1. The van der Waals surface area contributed by atoms with E-state index in [1.54, 1.807) is 12.2 Å². The van der Waals surface area contributed by atoms with Crippen LogP contribution in [0.3, 0.4) is 0 Å². The first-order valence-electron chi connectivity index (χ1n) is 4.52. The van der Waals surface area contributed by atoms with Crippen LogP contribution < -0.4 is 5.73 Å². The topological polar surface area (TPSA) is 26.0 Å². The van der Waals surface area contributed by atoms with Gasteiger partial charge in [0.2, 0.25) is 0 Å². The van der Waals surface area contributed by atoms with E-state index in [1.165, 1.54) is 0 Å². The van der Waals surface area contributed by atoms with Crippen molar-refractivity contribution in [3.63, 3.8) is 0 Å². The Morgan fingerprint density at radius 2 is 1.58 bits per heavy atom. The lowest BCUT2D eigenvalue weighted by Crippen LogP contribution is -1.89. The Morgan fingerprint density at radius 1 is 1.17 bits per heavy atom. The van der Waals surface area contributed by atoms with Crippen molar-refractivity contribution in [2.75, 3.05) is 0 Å². The van der Waals surface area contributed by atoms with E-state index in [2.05, 4.69) is 6.58 Å². The summed E-state index contributed by atoms with van der Waals surface area (Å²) in [5.74, 6) is 0. The van der Waals surface area contributed by atoms with E-state index in [1.807, 2.05) is 46.8 Å². The quantitative estimate of drug-likeness (QED) is 0.627. The molecule has 2 N–H and O–H groups in total. The van der Waals surface area contributed by atoms with Gasteiger partial charge >= 0.3 is 0 Å². The highest BCUT2D eigenvalue weighted by Gasteiger charge is 1.70. The Balaban J connectivity index is -0.000000175. The van der Waals surface area contributed by atoms with E-state index in [0.29, 0.717) is 5.70 Å². The first-order valence-corrected chi connectivity index (χ1v) is 4.52. The van der Waals surface area contributed by atoms with Gasteiger partial charge in [-0.15, -0.1) is 0 Å². The second-order valence-corrected chi connectivity index (χ2v) is 1.40. The zero-order valence-corrected chi connectivity index (χ0v) is 9.09. The zero-order chi connectivity index (χ0) is 10.4. The number of hydrogen-bond donors (Lipinski definition) is 1. The molecule has 0 saturated carbocycles. The summed E-state index contributed by atoms with van der Waals surface area (Å²) in [5.41, 5.74) is 6.05. The fourth-order valence-electron chi connectivity index (χ4n) is 0.275. The summed E-state index contributed by atoms with van der Waals surface area (Å²) in [6.07, 6.45) is 7.19. The maximum Gasteiger partial charge on any atom is 0.0307 e. The maximum atomic E-state index is 5.35. The minimum Gasteiger partial charge on any atom is -0.399 e. The molecular formula is C11H23N. The van der Waals surface area contributed by atoms with Crippen molar-refractivity contribution in [1.29, 1.82) is 0 Å². The lowest BCUT2D eigenvalue weighted by molar-refractivity contribution is 1.43. The molecule has 0 unspecified atom stereocenters. The molecule has 0 radical (unpaired) electrons. The van der Waals surface area contributed by atoms with Crippen LogP contribution in [0, 0.1) is 0 Å². The Bertz CT molecular complexity index is 121. The molecule has 0 aliphatic heterocycles. The van der Waals surface area contributed by atoms with Gasteiger partial charge in [0.25, 0.3) is 0 Å². The van der Waals surface area contributed by atoms with Gasteiger partial charge in [0, 0.05) is 5.70 Å². The first kappa shape index (κ1) is 17.2. The molecule has 0 aromatic heterocycles. The maximum absolute atomic E-state index is 5.35. The summed E-state index contributed by atoms with van der Waals surface area (Å²) >= 11 is 0. The average molecular weight is 169 g/mol. The van der Waals surface area contributed by atoms with E-state index >= 15 is 0 Å². The minimum atomic E-state index is 0.697. The van der Waals surface area contributed by atoms with Crippen LogP contribution in [-0.4, -0.2) is 0 Å². The van der Waals surface area contributed by atoms with E-state index < -0.39 is 0 Å². The van der Waals surface area contributed by atoms with Gasteiger partial charge in [0.15, 0.2) is 0 Å². The van der Waals surface area contributed by atoms with E-state index in [9.17, 15) is 0 Å². The van der Waals surface area contributed by atoms with Crippen LogP contribution in [-0.2, 0) is 0 Å². The predicted octanol–water partition coefficient (Wildman–Crippen LogP) is 3.64. The summed E-state index contributed by atoms with van der Waals surface area (Å²) in [4.78, 5) is 0. The SMILES string of the molecule is C=C/C(N)=C\C=C/C.CC.CC. The molecule has 0 rings (SSSR count). The van der Waals surface area contributed by atoms with Crippen molar-refractivity contribution in [2.45, 2.75) is 34.6 Å². The second-order valence-electron chi connectivity index (χ2n) is 1.40. The van der Waals surface area contributed by atoms with Gasteiger partial charge in [0.05, 0.1) is 0 Å². The van der Waals surface area contributed by atoms with Crippen molar-refractivity contribution in [3.05, 3.63) is 36.6 Å². The molecule has 12 heavy (non-hydrogen) atoms. The van der Waals surface area contributed by atoms with Crippen molar-refractivity contribution in [3.8, 4) is 0 Å². The van der Waals surface area contributed by atoms with Gasteiger partial charge in [-0.05, 0) is 19.1 Å². The molecule has 0 atom stereocenters. The fraction of sp³-hybridized carbons (Fsp3) is 0.455. The predicted molar refractivity (Wildman–Crippen MR) is 60.0 cm³/mol. The van der Waals surface area contributed by atoms with E-state index in [-0.39, 0.29) is 0 Å². The molecule has 0 aliphatic rings. The van der Waals surface area contributed by atoms with Gasteiger partial charge in [-0.3, -0.25) is 0 Å². The third-order valence-corrected chi connectivity index (χ3v) is 0.717. The summed E-state index contributed by atoms with van der Waals surface area (Å²) in [5, 5.41) is 0. The molecule has 0 bridgehead atoms. The second kappa shape index (κ2) is 22.5. The monoisotopic (exact) mass is 169 g/mol. The number of rotatable bonds is 2. The fourth-order valence-corrected chi connectivity index (χ4v) is 0.275. The van der Waals surface area contributed by atoms with Crippen LogP contribution in [0.15, 0.2) is 36.6 Å². The third-order valence-electron chi connectivity index (χ3n) is 0.717. The zero-order valence-electron chi connectivity index (χ0n) is 9.09. The Morgan fingerprint density at radius 3 is 1.83 bits per heavy atom. The lowest BCUT2D eigenvalue weighted by Gasteiger charge is -1.82. The largest absolute Gasteiger partial charge is 0.399 e. The molecule has 0 amide bonds. The molecule has 72 valence electrons. The van der Waals surface area contributed by atoms with Crippen LogP contribution in [0.25, 0.3) is 0 Å². The highest BCUT2D eigenvalue weighted by molar-refractivity contribution is 5.17. The van der Waals surface area contributed by atoms with Crippen LogP contribution in [0.2, 0.25) is 0 Å². The molecule has 0 aromatic rings. The van der Waals surface area contributed by atoms with E-state index in [4.69, 9.17) is 5.73 Å². The molecule has 1 nitrogen and oxygen atoms in total. The highest BCUT2D eigenvalue weighted by Crippen LogP contribution is 1.83. The normalized spacial score (nSPS) is 9.25. The lowest BCUT2D eigenvalue weighted by atomic mass is 10.4. The standard InChI is InChI=1S/C7H11N.2C2H6/c1-3-5-6-7(8)4-2;2*1-2/h3-6H,2,8H2,1H3;2*1-2H3/b5-3-,7-6+;;. The third kappa shape index (κ3) is 23.0. The molecule has 1 heteroatoms. The molecule has 0 spiro atoms. The van der Waals surface area contributed by atoms with Crippen molar-refractivity contribution < 1.29 is 0 Å². The van der Waals surface area contributed by atoms with Crippen molar-refractivity contribution in [1.82, 2.24) is 0 Å². The molecule has 0 saturated heterocycles. The van der Waals surface area contributed by atoms with Crippen molar-refractivity contribution in [2.24, 2.45) is 5.73 Å². The van der Waals surface area contributed by atoms with Gasteiger partial charge in [0.1, 0.15) is 0 Å². The van der Waals surface area contributed by atoms with Gasteiger partial charge in [-0.2, -0.15) is 0 Å². The number of allylic oxidation sites excluding steroid dienone is 4. The smallest absolute Gasteiger partial charge is 0.0307 e. The number of hydrogen-bond acceptors (Lipinski definition) is 1. The Labute approximate surface area is 77.7 Å². The summed E-state index contributed by atoms with van der Waals surface area (Å²) in [6.45, 7) is 13.4. The molecule has 0 aliphatic carbocycles. The molecular weight excluding hydrogens is 146 g/mol. The summed E-state index contributed by atoms with van der Waals surface area (Å²) in [6, 6.07) is 0. The van der Waals surface area contributed by atoms with Gasteiger partial charge in [-0.25, -0.2) is 0 Å². The molecule has 0 aromatic carbocycles. The van der Waals surface area contributed by atoms with Crippen LogP contribution in [0.4, 0.5) is 0 Å². The van der Waals surface area contributed by atoms with Crippen LogP contribution in [0.5, 0.6) is 0 Å². The van der Waals surface area contributed by atoms with Crippen LogP contribution in [0.1, 0.15) is 34.6 Å². The minimum absolute atomic E-state index is 0.697. The highest BCUT2D eigenvalue weighted by atomic mass is 14.5. The first-order chi connectivity index (χ1) is 5.81.